The van der Waals surface area contributed by atoms with E-state index in [2.05, 4.69) is 39.0 Å². The summed E-state index contributed by atoms with van der Waals surface area (Å²) in [4.78, 5) is 0. The molecule has 0 radical (unpaired) electrons. The summed E-state index contributed by atoms with van der Waals surface area (Å²) in [5.41, 5.74) is 1.72. The molecule has 0 aromatic heterocycles. The predicted molar refractivity (Wildman–Crippen MR) is 63.2 cm³/mol. The number of hydrogen-bond acceptors (Lipinski definition) is 1. The van der Waals surface area contributed by atoms with Crippen molar-refractivity contribution in [1.29, 1.82) is 0 Å². The van der Waals surface area contributed by atoms with Gasteiger partial charge in [-0.3, -0.25) is 0 Å². The van der Waals surface area contributed by atoms with E-state index in [9.17, 15) is 0 Å². The number of ether oxygens (including phenoxy) is 1. The molecule has 1 aliphatic rings. The molecule has 1 nitrogen and oxygen atoms in total. The van der Waals surface area contributed by atoms with Crippen molar-refractivity contribution in [3.8, 4) is 5.75 Å². The molecule has 0 spiro atoms. The molecule has 0 amide bonds. The van der Waals surface area contributed by atoms with E-state index in [1.54, 1.807) is 0 Å². The van der Waals surface area contributed by atoms with Crippen LogP contribution in [0.2, 0.25) is 0 Å². The van der Waals surface area contributed by atoms with Gasteiger partial charge < -0.3 is 4.74 Å². The van der Waals surface area contributed by atoms with E-state index in [1.807, 2.05) is 6.07 Å². The van der Waals surface area contributed by atoms with Gasteiger partial charge in [-0.1, -0.05) is 39.0 Å². The number of hydrogen-bond donors (Lipinski definition) is 0. The zero-order chi connectivity index (χ0) is 10.9. The molecule has 0 N–H and O–H groups in total. The van der Waals surface area contributed by atoms with Crippen LogP contribution in [0, 0.1) is 11.3 Å². The summed E-state index contributed by atoms with van der Waals surface area (Å²) in [6.45, 7) is 7.76. The van der Waals surface area contributed by atoms with E-state index >= 15 is 0 Å². The predicted octanol–water partition coefficient (Wildman–Crippen LogP) is 3.67. The lowest BCUT2D eigenvalue weighted by Gasteiger charge is -2.40. The van der Waals surface area contributed by atoms with Crippen LogP contribution in [-0.4, -0.2) is 6.61 Å². The Hall–Kier alpha value is -0.980. The Morgan fingerprint density at radius 2 is 2.07 bits per heavy atom. The first-order valence-electron chi connectivity index (χ1n) is 5.88. The van der Waals surface area contributed by atoms with E-state index < -0.39 is 0 Å². The van der Waals surface area contributed by atoms with Crippen LogP contribution in [0.1, 0.15) is 32.8 Å². The second-order valence-corrected chi connectivity index (χ2v) is 4.94. The molecule has 0 bridgehead atoms. The summed E-state index contributed by atoms with van der Waals surface area (Å²) in [5.74, 6) is 1.76. The molecule has 1 aromatic carbocycles. The average Bonchev–Trinajstić information content (AvgIpc) is 2.28. The highest BCUT2D eigenvalue weighted by atomic mass is 16.5. The molecule has 0 saturated carbocycles. The van der Waals surface area contributed by atoms with Gasteiger partial charge in [0, 0.05) is 5.41 Å². The second-order valence-electron chi connectivity index (χ2n) is 4.94. The van der Waals surface area contributed by atoms with Crippen molar-refractivity contribution in [2.24, 2.45) is 11.3 Å². The van der Waals surface area contributed by atoms with Crippen LogP contribution in [0.3, 0.4) is 0 Å². The van der Waals surface area contributed by atoms with Crippen molar-refractivity contribution in [3.63, 3.8) is 0 Å². The fourth-order valence-corrected chi connectivity index (χ4v) is 2.45. The van der Waals surface area contributed by atoms with Crippen LogP contribution in [0.25, 0.3) is 0 Å². The molecule has 1 heteroatoms. The smallest absolute Gasteiger partial charge is 0.122 e. The van der Waals surface area contributed by atoms with E-state index in [-0.39, 0.29) is 0 Å². The third-order valence-electron chi connectivity index (χ3n) is 3.96. The summed E-state index contributed by atoms with van der Waals surface area (Å²) in [7, 11) is 0. The second kappa shape index (κ2) is 3.88. The molecule has 1 unspecified atom stereocenters. The first-order chi connectivity index (χ1) is 7.18. The third kappa shape index (κ3) is 1.75. The van der Waals surface area contributed by atoms with Crippen LogP contribution in [0.4, 0.5) is 0 Å². The van der Waals surface area contributed by atoms with E-state index in [0.29, 0.717) is 11.3 Å². The van der Waals surface area contributed by atoms with Crippen LogP contribution >= 0.6 is 0 Å². The minimum absolute atomic E-state index is 0.342. The Morgan fingerprint density at radius 3 is 2.73 bits per heavy atom. The van der Waals surface area contributed by atoms with Crippen molar-refractivity contribution in [1.82, 2.24) is 0 Å². The fourth-order valence-electron chi connectivity index (χ4n) is 2.45. The van der Waals surface area contributed by atoms with Gasteiger partial charge in [0.25, 0.3) is 0 Å². The number of para-hydroxylation sites is 1. The van der Waals surface area contributed by atoms with Crippen LogP contribution in [0.15, 0.2) is 24.3 Å². The monoisotopic (exact) mass is 204 g/mol. The number of rotatable bonds is 2. The maximum absolute atomic E-state index is 5.89. The van der Waals surface area contributed by atoms with Gasteiger partial charge in [-0.15, -0.1) is 0 Å². The molecule has 15 heavy (non-hydrogen) atoms. The fraction of sp³-hybridized carbons (Fsp3) is 0.571. The first kappa shape index (κ1) is 10.5. The largest absolute Gasteiger partial charge is 0.493 e. The Balaban J connectivity index is 2.31. The maximum atomic E-state index is 5.89. The third-order valence-corrected chi connectivity index (χ3v) is 3.96. The molecular formula is C14H20O. The average molecular weight is 204 g/mol. The highest BCUT2D eigenvalue weighted by Gasteiger charge is 2.36. The van der Waals surface area contributed by atoms with E-state index in [1.165, 1.54) is 12.0 Å². The Bertz CT molecular complexity index is 343. The molecule has 1 heterocycles. The summed E-state index contributed by atoms with van der Waals surface area (Å²) >= 11 is 0. The zero-order valence-electron chi connectivity index (χ0n) is 9.92. The molecule has 0 saturated heterocycles. The Kier molecular flexibility index (Phi) is 2.72. The quantitative estimate of drug-likeness (QED) is 0.714. The molecule has 0 fully saturated rings. The van der Waals surface area contributed by atoms with Gasteiger partial charge in [-0.25, -0.2) is 0 Å². The highest BCUT2D eigenvalue weighted by molar-refractivity contribution is 5.36. The summed E-state index contributed by atoms with van der Waals surface area (Å²) in [6, 6.07) is 8.43. The molecule has 0 aliphatic carbocycles. The van der Waals surface area contributed by atoms with Crippen molar-refractivity contribution >= 4 is 0 Å². The zero-order valence-corrected chi connectivity index (χ0v) is 9.92. The topological polar surface area (TPSA) is 9.23 Å². The molecule has 1 aliphatic heterocycles. The standard InChI is InChI=1S/C14H20O/c1-4-14(11(2)3)9-12-7-5-6-8-13(12)15-10-14/h5-8,11H,4,9-10H2,1-3H3. The molecule has 82 valence electrons. The van der Waals surface area contributed by atoms with Crippen molar-refractivity contribution in [2.75, 3.05) is 6.61 Å². The van der Waals surface area contributed by atoms with Gasteiger partial charge in [0.15, 0.2) is 0 Å². The van der Waals surface area contributed by atoms with Gasteiger partial charge in [0.05, 0.1) is 6.61 Å². The van der Waals surface area contributed by atoms with Crippen molar-refractivity contribution < 1.29 is 4.74 Å². The van der Waals surface area contributed by atoms with E-state index in [0.717, 1.165) is 18.8 Å². The normalized spacial score (nSPS) is 24.8. The summed E-state index contributed by atoms with van der Waals surface area (Å²) in [5, 5.41) is 0. The lowest BCUT2D eigenvalue weighted by atomic mass is 9.70. The lowest BCUT2D eigenvalue weighted by Crippen LogP contribution is -2.38. The minimum Gasteiger partial charge on any atom is -0.493 e. The molecule has 2 rings (SSSR count). The minimum atomic E-state index is 0.342. The van der Waals surface area contributed by atoms with Gasteiger partial charge in [0.2, 0.25) is 0 Å². The van der Waals surface area contributed by atoms with E-state index in [4.69, 9.17) is 4.74 Å². The highest BCUT2D eigenvalue weighted by Crippen LogP contribution is 2.41. The molecule has 1 aromatic rings. The summed E-state index contributed by atoms with van der Waals surface area (Å²) in [6.07, 6.45) is 2.36. The van der Waals surface area contributed by atoms with Gasteiger partial charge in [-0.05, 0) is 30.4 Å². The summed E-state index contributed by atoms with van der Waals surface area (Å²) < 4.78 is 5.89. The SMILES string of the molecule is CCC1(C(C)C)COc2ccccc2C1. The number of fused-ring (bicyclic) bond motifs is 1. The maximum Gasteiger partial charge on any atom is 0.122 e. The van der Waals surface area contributed by atoms with Crippen molar-refractivity contribution in [3.05, 3.63) is 29.8 Å². The number of benzene rings is 1. The van der Waals surface area contributed by atoms with Gasteiger partial charge >= 0.3 is 0 Å². The lowest BCUT2D eigenvalue weighted by molar-refractivity contribution is 0.0675. The Morgan fingerprint density at radius 1 is 1.33 bits per heavy atom. The van der Waals surface area contributed by atoms with Crippen LogP contribution in [0.5, 0.6) is 5.75 Å². The van der Waals surface area contributed by atoms with Gasteiger partial charge in [0.1, 0.15) is 5.75 Å². The molecular weight excluding hydrogens is 184 g/mol. The van der Waals surface area contributed by atoms with Crippen LogP contribution in [-0.2, 0) is 6.42 Å². The first-order valence-corrected chi connectivity index (χ1v) is 5.88. The molecule has 1 atom stereocenters. The Labute approximate surface area is 92.5 Å². The van der Waals surface area contributed by atoms with Crippen molar-refractivity contribution in [2.45, 2.75) is 33.6 Å². The van der Waals surface area contributed by atoms with Gasteiger partial charge in [-0.2, -0.15) is 0 Å². The van der Waals surface area contributed by atoms with Crippen LogP contribution < -0.4 is 4.74 Å².